The van der Waals surface area contributed by atoms with Gasteiger partial charge < -0.3 is 0 Å². The van der Waals surface area contributed by atoms with Crippen LogP contribution >= 0.6 is 0 Å². The van der Waals surface area contributed by atoms with E-state index in [0.717, 1.165) is 45.0 Å². The number of nitrogens with zero attached hydrogens (tertiary/aromatic N) is 2. The highest BCUT2D eigenvalue weighted by molar-refractivity contribution is 5.92. The lowest BCUT2D eigenvalue weighted by molar-refractivity contribution is 1.18. The highest BCUT2D eigenvalue weighted by Crippen LogP contribution is 2.39. The maximum Gasteiger partial charge on any atom is 0.160 e. The van der Waals surface area contributed by atoms with Gasteiger partial charge in [-0.15, -0.1) is 0 Å². The van der Waals surface area contributed by atoms with Crippen molar-refractivity contribution in [2.24, 2.45) is 0 Å². The van der Waals surface area contributed by atoms with Crippen LogP contribution in [0.3, 0.4) is 0 Å². The lowest BCUT2D eigenvalue weighted by Crippen LogP contribution is -2.00. The van der Waals surface area contributed by atoms with Crippen LogP contribution in [0.4, 0.5) is 0 Å². The molecule has 0 unspecified atom stereocenters. The summed E-state index contributed by atoms with van der Waals surface area (Å²) in [5.74, 6) is 0.730. The van der Waals surface area contributed by atoms with E-state index >= 15 is 0 Å². The van der Waals surface area contributed by atoms with Gasteiger partial charge in [-0.05, 0) is 5.56 Å². The topological polar surface area (TPSA) is 25.8 Å². The summed E-state index contributed by atoms with van der Waals surface area (Å²) in [6.45, 7) is 0. The standard InChI is InChI=1S/C28H20N2/c1-5-13-21(14-6-1)25-26(22-15-7-2-8-16-22)29-28(24-19-11-4-12-20-24)30-27(25)23-17-9-3-10-18-23/h1-20H. The van der Waals surface area contributed by atoms with Gasteiger partial charge in [0.25, 0.3) is 0 Å². The van der Waals surface area contributed by atoms with Crippen LogP contribution in [-0.4, -0.2) is 9.97 Å². The molecule has 0 aliphatic rings. The quantitative estimate of drug-likeness (QED) is 0.329. The predicted molar refractivity (Wildman–Crippen MR) is 124 cm³/mol. The molecule has 0 aliphatic heterocycles. The van der Waals surface area contributed by atoms with Gasteiger partial charge in [-0.25, -0.2) is 9.97 Å². The third kappa shape index (κ3) is 3.51. The summed E-state index contributed by atoms with van der Waals surface area (Å²) in [4.78, 5) is 10.1. The molecule has 2 nitrogen and oxygen atoms in total. The molecule has 0 N–H and O–H groups in total. The Balaban J connectivity index is 1.88. The molecule has 5 rings (SSSR count). The predicted octanol–water partition coefficient (Wildman–Crippen LogP) is 7.14. The molecule has 4 aromatic carbocycles. The van der Waals surface area contributed by atoms with Crippen LogP contribution in [0.25, 0.3) is 45.0 Å². The van der Waals surface area contributed by atoms with E-state index in [9.17, 15) is 0 Å². The van der Waals surface area contributed by atoms with Gasteiger partial charge in [0.2, 0.25) is 0 Å². The lowest BCUT2D eigenvalue weighted by atomic mass is 9.94. The number of hydrogen-bond acceptors (Lipinski definition) is 2. The Morgan fingerprint density at radius 2 is 0.667 bits per heavy atom. The molecule has 0 amide bonds. The van der Waals surface area contributed by atoms with Crippen molar-refractivity contribution in [2.45, 2.75) is 0 Å². The smallest absolute Gasteiger partial charge is 0.160 e. The molecular weight excluding hydrogens is 364 g/mol. The minimum Gasteiger partial charge on any atom is -0.227 e. The van der Waals surface area contributed by atoms with E-state index in [4.69, 9.17) is 9.97 Å². The fourth-order valence-corrected chi connectivity index (χ4v) is 3.67. The fraction of sp³-hybridized carbons (Fsp3) is 0. The van der Waals surface area contributed by atoms with E-state index in [1.54, 1.807) is 0 Å². The maximum atomic E-state index is 5.06. The van der Waals surface area contributed by atoms with Crippen LogP contribution < -0.4 is 0 Å². The molecule has 2 heteroatoms. The zero-order valence-electron chi connectivity index (χ0n) is 16.4. The zero-order chi connectivity index (χ0) is 20.2. The van der Waals surface area contributed by atoms with Gasteiger partial charge in [-0.1, -0.05) is 121 Å². The first-order valence-corrected chi connectivity index (χ1v) is 10.0. The van der Waals surface area contributed by atoms with Gasteiger partial charge in [0.15, 0.2) is 5.82 Å². The Bertz CT molecular complexity index is 1190. The molecule has 0 bridgehead atoms. The molecule has 0 saturated carbocycles. The number of rotatable bonds is 4. The second-order valence-electron chi connectivity index (χ2n) is 7.08. The third-order valence-electron chi connectivity index (χ3n) is 5.10. The zero-order valence-corrected chi connectivity index (χ0v) is 16.4. The Labute approximate surface area is 176 Å². The molecular formula is C28H20N2. The molecule has 1 aromatic heterocycles. The van der Waals surface area contributed by atoms with Gasteiger partial charge in [-0.2, -0.15) is 0 Å². The van der Waals surface area contributed by atoms with Crippen LogP contribution in [0.2, 0.25) is 0 Å². The molecule has 0 radical (unpaired) electrons. The number of benzene rings is 4. The molecule has 0 saturated heterocycles. The summed E-state index contributed by atoms with van der Waals surface area (Å²) >= 11 is 0. The van der Waals surface area contributed by atoms with Crippen molar-refractivity contribution < 1.29 is 0 Å². The van der Waals surface area contributed by atoms with Crippen LogP contribution in [-0.2, 0) is 0 Å². The minimum absolute atomic E-state index is 0.730. The molecule has 0 spiro atoms. The second kappa shape index (κ2) is 8.14. The summed E-state index contributed by atoms with van der Waals surface area (Å²) in [6, 6.07) is 41.3. The van der Waals surface area contributed by atoms with Gasteiger partial charge in [0.1, 0.15) is 0 Å². The van der Waals surface area contributed by atoms with Crippen molar-refractivity contribution in [2.75, 3.05) is 0 Å². The van der Waals surface area contributed by atoms with Crippen LogP contribution in [0, 0.1) is 0 Å². The van der Waals surface area contributed by atoms with Gasteiger partial charge in [0.05, 0.1) is 11.4 Å². The van der Waals surface area contributed by atoms with E-state index in [1.165, 1.54) is 0 Å². The van der Waals surface area contributed by atoms with Crippen LogP contribution in [0.15, 0.2) is 121 Å². The number of aromatic nitrogens is 2. The van der Waals surface area contributed by atoms with Gasteiger partial charge in [0, 0.05) is 22.3 Å². The van der Waals surface area contributed by atoms with Crippen molar-refractivity contribution in [3.8, 4) is 45.0 Å². The maximum absolute atomic E-state index is 5.06. The lowest BCUT2D eigenvalue weighted by Gasteiger charge is -2.16. The normalized spacial score (nSPS) is 10.7. The summed E-state index contributed by atoms with van der Waals surface area (Å²) in [6.07, 6.45) is 0. The van der Waals surface area contributed by atoms with Crippen LogP contribution in [0.1, 0.15) is 0 Å². The average Bonchev–Trinajstić information content (AvgIpc) is 2.85. The Kier molecular flexibility index (Phi) is 4.89. The summed E-state index contributed by atoms with van der Waals surface area (Å²) in [5.41, 5.74) is 7.19. The Morgan fingerprint density at radius 3 is 1.07 bits per heavy atom. The van der Waals surface area contributed by atoms with Crippen molar-refractivity contribution in [1.29, 1.82) is 0 Å². The summed E-state index contributed by atoms with van der Waals surface area (Å²) in [5, 5.41) is 0. The van der Waals surface area contributed by atoms with E-state index in [-0.39, 0.29) is 0 Å². The molecule has 30 heavy (non-hydrogen) atoms. The SMILES string of the molecule is c1ccc(-c2nc(-c3ccccc3)c(-c3ccccc3)c(-c3ccccc3)n2)cc1. The third-order valence-corrected chi connectivity index (χ3v) is 5.10. The minimum atomic E-state index is 0.730. The van der Waals surface area contributed by atoms with Crippen molar-refractivity contribution in [3.63, 3.8) is 0 Å². The molecule has 0 fully saturated rings. The molecule has 142 valence electrons. The Morgan fingerprint density at radius 1 is 0.333 bits per heavy atom. The van der Waals surface area contributed by atoms with E-state index in [0.29, 0.717) is 0 Å². The molecule has 0 aliphatic carbocycles. The van der Waals surface area contributed by atoms with E-state index in [2.05, 4.69) is 84.9 Å². The van der Waals surface area contributed by atoms with Crippen LogP contribution in [0.5, 0.6) is 0 Å². The highest BCUT2D eigenvalue weighted by atomic mass is 14.9. The van der Waals surface area contributed by atoms with Crippen molar-refractivity contribution in [3.05, 3.63) is 121 Å². The van der Waals surface area contributed by atoms with E-state index in [1.807, 2.05) is 36.4 Å². The van der Waals surface area contributed by atoms with Gasteiger partial charge >= 0.3 is 0 Å². The highest BCUT2D eigenvalue weighted by Gasteiger charge is 2.19. The first-order chi connectivity index (χ1) is 14.9. The number of hydrogen-bond donors (Lipinski definition) is 0. The van der Waals surface area contributed by atoms with Gasteiger partial charge in [-0.3, -0.25) is 0 Å². The second-order valence-corrected chi connectivity index (χ2v) is 7.08. The first-order valence-electron chi connectivity index (χ1n) is 10.0. The first kappa shape index (κ1) is 18.0. The fourth-order valence-electron chi connectivity index (χ4n) is 3.67. The molecule has 1 heterocycles. The largest absolute Gasteiger partial charge is 0.227 e. The summed E-state index contributed by atoms with van der Waals surface area (Å²) in [7, 11) is 0. The summed E-state index contributed by atoms with van der Waals surface area (Å²) < 4.78 is 0. The van der Waals surface area contributed by atoms with Crippen molar-refractivity contribution in [1.82, 2.24) is 9.97 Å². The average molecular weight is 384 g/mol. The molecule has 5 aromatic rings. The molecule has 0 atom stereocenters. The Hall–Kier alpha value is -4.04. The van der Waals surface area contributed by atoms with E-state index < -0.39 is 0 Å². The van der Waals surface area contributed by atoms with Crippen molar-refractivity contribution >= 4 is 0 Å². The monoisotopic (exact) mass is 384 g/mol.